The Kier molecular flexibility index (Phi) is 5.20. The van der Waals surface area contributed by atoms with Crippen LogP contribution in [0.3, 0.4) is 0 Å². The molecule has 0 saturated heterocycles. The first kappa shape index (κ1) is 15.3. The molecule has 0 amide bonds. The van der Waals surface area contributed by atoms with E-state index in [1.54, 1.807) is 14.2 Å². The molecule has 1 aromatic rings. The maximum absolute atomic E-state index is 8.82. The third-order valence-corrected chi connectivity index (χ3v) is 3.18. The fourth-order valence-electron chi connectivity index (χ4n) is 1.91. The maximum atomic E-state index is 8.82. The second kappa shape index (κ2) is 6.44. The van der Waals surface area contributed by atoms with Crippen LogP contribution in [0.2, 0.25) is 0 Å². The number of benzene rings is 1. The number of rotatable bonds is 6. The van der Waals surface area contributed by atoms with Crippen LogP contribution in [0.15, 0.2) is 18.2 Å². The molecule has 0 aliphatic rings. The summed E-state index contributed by atoms with van der Waals surface area (Å²) in [4.78, 5) is 0. The second-order valence-electron chi connectivity index (χ2n) is 5.18. The predicted molar refractivity (Wildman–Crippen MR) is 75.6 cm³/mol. The van der Waals surface area contributed by atoms with Gasteiger partial charge in [0.05, 0.1) is 26.3 Å². The molecule has 0 radical (unpaired) electrons. The topological polar surface area (TPSA) is 54.3 Å². The first-order chi connectivity index (χ1) is 8.94. The summed E-state index contributed by atoms with van der Waals surface area (Å²) in [5.74, 6) is 1.57. The zero-order valence-electron chi connectivity index (χ0n) is 12.3. The normalized spacial score (nSPS) is 12.6. The van der Waals surface area contributed by atoms with E-state index in [9.17, 15) is 0 Å². The third kappa shape index (κ3) is 3.87. The zero-order valence-corrected chi connectivity index (χ0v) is 12.3. The van der Waals surface area contributed by atoms with Crippen LogP contribution in [0.5, 0.6) is 11.5 Å². The molecular weight excluding hydrogens is 240 g/mol. The lowest BCUT2D eigenvalue weighted by atomic mass is 9.83. The number of hydrogen-bond donors (Lipinski definition) is 1. The van der Waals surface area contributed by atoms with Gasteiger partial charge in [-0.25, -0.2) is 0 Å². The van der Waals surface area contributed by atoms with Crippen molar-refractivity contribution in [1.82, 2.24) is 5.32 Å². The van der Waals surface area contributed by atoms with Crippen LogP contribution >= 0.6 is 0 Å². The summed E-state index contributed by atoms with van der Waals surface area (Å²) in [7, 11) is 3.29. The molecule has 0 fully saturated rings. The minimum atomic E-state index is -0.163. The Morgan fingerprint density at radius 1 is 1.32 bits per heavy atom. The lowest BCUT2D eigenvalue weighted by molar-refractivity contribution is 0.373. The number of nitriles is 1. The van der Waals surface area contributed by atoms with Crippen LogP contribution in [0, 0.1) is 11.3 Å². The van der Waals surface area contributed by atoms with Gasteiger partial charge < -0.3 is 14.8 Å². The van der Waals surface area contributed by atoms with Crippen molar-refractivity contribution in [3.63, 3.8) is 0 Å². The highest BCUT2D eigenvalue weighted by molar-refractivity contribution is 5.44. The van der Waals surface area contributed by atoms with Crippen molar-refractivity contribution < 1.29 is 9.47 Å². The molecule has 0 saturated carbocycles. The van der Waals surface area contributed by atoms with Gasteiger partial charge in [-0.2, -0.15) is 5.26 Å². The summed E-state index contributed by atoms with van der Waals surface area (Å²) >= 11 is 0. The molecule has 1 unspecified atom stereocenters. The summed E-state index contributed by atoms with van der Waals surface area (Å²) in [6, 6.07) is 7.82. The lowest BCUT2D eigenvalue weighted by Gasteiger charge is -2.28. The maximum Gasteiger partial charge on any atom is 0.126 e. The van der Waals surface area contributed by atoms with Crippen molar-refractivity contribution in [2.75, 3.05) is 20.8 Å². The number of ether oxygens (including phenoxy) is 2. The summed E-state index contributed by atoms with van der Waals surface area (Å²) in [6.07, 6.45) is 0. The van der Waals surface area contributed by atoms with Gasteiger partial charge in [0, 0.05) is 23.6 Å². The van der Waals surface area contributed by atoms with Crippen molar-refractivity contribution in [2.45, 2.75) is 32.2 Å². The minimum absolute atomic E-state index is 0.136. The Morgan fingerprint density at radius 2 is 2.00 bits per heavy atom. The van der Waals surface area contributed by atoms with Crippen LogP contribution < -0.4 is 14.8 Å². The Labute approximate surface area is 115 Å². The van der Waals surface area contributed by atoms with Gasteiger partial charge in [0.25, 0.3) is 0 Å². The fourth-order valence-corrected chi connectivity index (χ4v) is 1.91. The van der Waals surface area contributed by atoms with E-state index in [1.807, 2.05) is 25.1 Å². The van der Waals surface area contributed by atoms with Crippen molar-refractivity contribution in [2.24, 2.45) is 0 Å². The fraction of sp³-hybridized carbons (Fsp3) is 0.533. The largest absolute Gasteiger partial charge is 0.497 e. The highest BCUT2D eigenvalue weighted by Gasteiger charge is 2.25. The average Bonchev–Trinajstić information content (AvgIpc) is 2.43. The van der Waals surface area contributed by atoms with Gasteiger partial charge in [0.15, 0.2) is 0 Å². The highest BCUT2D eigenvalue weighted by atomic mass is 16.5. The summed E-state index contributed by atoms with van der Waals surface area (Å²) in [5, 5.41) is 12.0. The molecule has 1 N–H and O–H groups in total. The van der Waals surface area contributed by atoms with E-state index < -0.39 is 0 Å². The van der Waals surface area contributed by atoms with E-state index in [2.05, 4.69) is 25.2 Å². The number of hydrogen-bond acceptors (Lipinski definition) is 4. The van der Waals surface area contributed by atoms with Crippen LogP contribution in [-0.2, 0) is 5.41 Å². The summed E-state index contributed by atoms with van der Waals surface area (Å²) in [6.45, 7) is 6.79. The van der Waals surface area contributed by atoms with E-state index in [0.717, 1.165) is 17.1 Å². The van der Waals surface area contributed by atoms with Crippen molar-refractivity contribution >= 4 is 0 Å². The van der Waals surface area contributed by atoms with Gasteiger partial charge in [0.1, 0.15) is 11.5 Å². The molecule has 0 spiro atoms. The number of methoxy groups -OCH3 is 2. The van der Waals surface area contributed by atoms with Crippen molar-refractivity contribution in [1.29, 1.82) is 5.26 Å². The smallest absolute Gasteiger partial charge is 0.126 e. The molecule has 1 rings (SSSR count). The van der Waals surface area contributed by atoms with Gasteiger partial charge >= 0.3 is 0 Å². The van der Waals surface area contributed by atoms with Gasteiger partial charge in [-0.3, -0.25) is 0 Å². The minimum Gasteiger partial charge on any atom is -0.497 e. The first-order valence-electron chi connectivity index (χ1n) is 6.30. The molecule has 104 valence electrons. The van der Waals surface area contributed by atoms with Crippen LogP contribution in [0.25, 0.3) is 0 Å². The van der Waals surface area contributed by atoms with Gasteiger partial charge in [-0.05, 0) is 13.0 Å². The molecule has 0 aliphatic heterocycles. The van der Waals surface area contributed by atoms with Crippen molar-refractivity contribution in [3.05, 3.63) is 23.8 Å². The molecular formula is C15H22N2O2. The Hall–Kier alpha value is -1.73. The van der Waals surface area contributed by atoms with E-state index >= 15 is 0 Å². The van der Waals surface area contributed by atoms with Crippen LogP contribution in [0.4, 0.5) is 0 Å². The quantitative estimate of drug-likeness (QED) is 0.855. The van der Waals surface area contributed by atoms with E-state index in [1.165, 1.54) is 0 Å². The summed E-state index contributed by atoms with van der Waals surface area (Å²) < 4.78 is 10.6. The van der Waals surface area contributed by atoms with Gasteiger partial charge in [-0.1, -0.05) is 19.9 Å². The molecule has 0 bridgehead atoms. The Bertz CT molecular complexity index is 464. The summed E-state index contributed by atoms with van der Waals surface area (Å²) in [5.41, 5.74) is 0.955. The SMILES string of the molecule is COc1ccc(C(C)(C)CNC(C)C#N)c(OC)c1. The number of nitrogens with zero attached hydrogens (tertiary/aromatic N) is 1. The number of nitrogens with one attached hydrogen (secondary N) is 1. The highest BCUT2D eigenvalue weighted by Crippen LogP contribution is 2.34. The van der Waals surface area contributed by atoms with E-state index in [4.69, 9.17) is 14.7 Å². The van der Waals surface area contributed by atoms with Gasteiger partial charge in [-0.15, -0.1) is 0 Å². The molecule has 0 aromatic heterocycles. The Balaban J connectivity index is 2.97. The zero-order chi connectivity index (χ0) is 14.5. The predicted octanol–water partition coefficient (Wildman–Crippen LogP) is 2.48. The third-order valence-electron chi connectivity index (χ3n) is 3.18. The Morgan fingerprint density at radius 3 is 2.53 bits per heavy atom. The molecule has 0 heterocycles. The van der Waals surface area contributed by atoms with Gasteiger partial charge in [0.2, 0.25) is 0 Å². The molecule has 1 aromatic carbocycles. The molecule has 19 heavy (non-hydrogen) atoms. The van der Waals surface area contributed by atoms with E-state index in [-0.39, 0.29) is 11.5 Å². The molecule has 1 atom stereocenters. The standard InChI is InChI=1S/C15H22N2O2/c1-11(9-16)17-10-15(2,3)13-7-6-12(18-4)8-14(13)19-5/h6-8,11,17H,10H2,1-5H3. The lowest BCUT2D eigenvalue weighted by Crippen LogP contribution is -2.37. The second-order valence-corrected chi connectivity index (χ2v) is 5.18. The molecule has 4 heteroatoms. The van der Waals surface area contributed by atoms with Crippen LogP contribution in [0.1, 0.15) is 26.3 Å². The molecule has 0 aliphatic carbocycles. The monoisotopic (exact) mass is 262 g/mol. The van der Waals surface area contributed by atoms with Crippen molar-refractivity contribution in [3.8, 4) is 17.6 Å². The first-order valence-corrected chi connectivity index (χ1v) is 6.30. The van der Waals surface area contributed by atoms with Crippen LogP contribution in [-0.4, -0.2) is 26.8 Å². The molecule has 4 nitrogen and oxygen atoms in total. The van der Waals surface area contributed by atoms with E-state index in [0.29, 0.717) is 6.54 Å². The average molecular weight is 262 g/mol.